The van der Waals surface area contributed by atoms with Gasteiger partial charge in [0.1, 0.15) is 0 Å². The number of aromatic nitrogens is 2. The lowest BCUT2D eigenvalue weighted by molar-refractivity contribution is 0.640. The predicted molar refractivity (Wildman–Crippen MR) is 86.9 cm³/mol. The average Bonchev–Trinajstić information content (AvgIpc) is 2.68. The Hall–Kier alpha value is -0.360. The number of nitrogens with zero attached hydrogens (tertiary/aromatic N) is 2. The van der Waals surface area contributed by atoms with Crippen LogP contribution in [0.1, 0.15) is 30.8 Å². The van der Waals surface area contributed by atoms with E-state index in [0.29, 0.717) is 0 Å². The second kappa shape index (κ2) is 6.19. The van der Waals surface area contributed by atoms with E-state index in [1.807, 2.05) is 0 Å². The van der Waals surface area contributed by atoms with E-state index in [1.165, 1.54) is 20.5 Å². The highest BCUT2D eigenvalue weighted by Crippen LogP contribution is 2.20. The third kappa shape index (κ3) is 2.96. The van der Waals surface area contributed by atoms with Crippen LogP contribution < -0.4 is 0 Å². The summed E-state index contributed by atoms with van der Waals surface area (Å²) in [6, 6.07) is 8.44. The van der Waals surface area contributed by atoms with Crippen molar-refractivity contribution in [2.24, 2.45) is 0 Å². The number of benzene rings is 1. The van der Waals surface area contributed by atoms with Crippen LogP contribution in [0.15, 0.2) is 28.7 Å². The Morgan fingerprint density at radius 2 is 1.83 bits per heavy atom. The molecule has 0 aliphatic rings. The zero-order chi connectivity index (χ0) is 13.1. The standard InChI is InChI=1S/C14H16BrIN2/c1-3-12-14(16)13(4-2)18(17-12)9-10-5-7-11(15)8-6-10/h5-8H,3-4,9H2,1-2H3. The topological polar surface area (TPSA) is 17.8 Å². The van der Waals surface area contributed by atoms with Gasteiger partial charge in [-0.25, -0.2) is 0 Å². The van der Waals surface area contributed by atoms with Crippen molar-refractivity contribution in [2.75, 3.05) is 0 Å². The molecule has 0 unspecified atom stereocenters. The fourth-order valence-electron chi connectivity index (χ4n) is 1.99. The summed E-state index contributed by atoms with van der Waals surface area (Å²) in [7, 11) is 0. The molecule has 0 aliphatic carbocycles. The molecule has 2 aromatic rings. The monoisotopic (exact) mass is 418 g/mol. The van der Waals surface area contributed by atoms with Gasteiger partial charge in [-0.15, -0.1) is 0 Å². The van der Waals surface area contributed by atoms with Crippen molar-refractivity contribution in [3.05, 3.63) is 49.3 Å². The minimum atomic E-state index is 0.854. The quantitative estimate of drug-likeness (QED) is 0.672. The molecule has 1 heterocycles. The van der Waals surface area contributed by atoms with Gasteiger partial charge in [-0.3, -0.25) is 4.68 Å². The van der Waals surface area contributed by atoms with Crippen LogP contribution in [0, 0.1) is 3.57 Å². The largest absolute Gasteiger partial charge is 0.264 e. The molecular weight excluding hydrogens is 403 g/mol. The fourth-order valence-corrected chi connectivity index (χ4v) is 3.40. The molecule has 1 aromatic heterocycles. The summed E-state index contributed by atoms with van der Waals surface area (Å²) in [6.45, 7) is 5.21. The summed E-state index contributed by atoms with van der Waals surface area (Å²) in [5, 5.41) is 4.71. The van der Waals surface area contributed by atoms with Crippen LogP contribution in [0.3, 0.4) is 0 Å². The van der Waals surface area contributed by atoms with Gasteiger partial charge in [0.2, 0.25) is 0 Å². The van der Waals surface area contributed by atoms with E-state index < -0.39 is 0 Å². The van der Waals surface area contributed by atoms with Gasteiger partial charge in [0, 0.05) is 4.47 Å². The van der Waals surface area contributed by atoms with E-state index in [4.69, 9.17) is 5.10 Å². The number of aryl methyl sites for hydroxylation is 1. The fraction of sp³-hybridized carbons (Fsp3) is 0.357. The summed E-state index contributed by atoms with van der Waals surface area (Å²) in [5.41, 5.74) is 3.84. The van der Waals surface area contributed by atoms with Crippen molar-refractivity contribution in [2.45, 2.75) is 33.2 Å². The summed E-state index contributed by atoms with van der Waals surface area (Å²) >= 11 is 5.88. The zero-order valence-electron chi connectivity index (χ0n) is 10.6. The number of hydrogen-bond acceptors (Lipinski definition) is 1. The van der Waals surface area contributed by atoms with E-state index in [-0.39, 0.29) is 0 Å². The van der Waals surface area contributed by atoms with Crippen molar-refractivity contribution in [3.8, 4) is 0 Å². The summed E-state index contributed by atoms with van der Waals surface area (Å²) in [5.74, 6) is 0. The normalized spacial score (nSPS) is 10.9. The highest BCUT2D eigenvalue weighted by atomic mass is 127. The SMILES string of the molecule is CCc1nn(Cc2ccc(Br)cc2)c(CC)c1I. The lowest BCUT2D eigenvalue weighted by Crippen LogP contribution is -2.06. The Bertz CT molecular complexity index is 531. The first-order chi connectivity index (χ1) is 8.65. The third-order valence-corrected chi connectivity index (χ3v) is 4.75. The van der Waals surface area contributed by atoms with Crippen molar-refractivity contribution in [1.82, 2.24) is 9.78 Å². The van der Waals surface area contributed by atoms with E-state index in [2.05, 4.69) is 81.3 Å². The van der Waals surface area contributed by atoms with E-state index >= 15 is 0 Å². The smallest absolute Gasteiger partial charge is 0.0758 e. The molecular formula is C14H16BrIN2. The van der Waals surface area contributed by atoms with Crippen LogP contribution in [-0.4, -0.2) is 9.78 Å². The second-order valence-electron chi connectivity index (χ2n) is 4.20. The highest BCUT2D eigenvalue weighted by molar-refractivity contribution is 14.1. The molecule has 0 aliphatic heterocycles. The number of rotatable bonds is 4. The maximum absolute atomic E-state index is 4.71. The molecule has 0 saturated carbocycles. The van der Waals surface area contributed by atoms with Crippen LogP contribution in [0.2, 0.25) is 0 Å². The summed E-state index contributed by atoms with van der Waals surface area (Å²) in [6.07, 6.45) is 2.03. The molecule has 18 heavy (non-hydrogen) atoms. The van der Waals surface area contributed by atoms with Gasteiger partial charge in [-0.1, -0.05) is 41.9 Å². The summed E-state index contributed by atoms with van der Waals surface area (Å²) in [4.78, 5) is 0. The molecule has 0 bridgehead atoms. The molecule has 0 fully saturated rings. The van der Waals surface area contributed by atoms with Gasteiger partial charge in [0.25, 0.3) is 0 Å². The van der Waals surface area contributed by atoms with E-state index in [9.17, 15) is 0 Å². The Morgan fingerprint density at radius 3 is 2.39 bits per heavy atom. The van der Waals surface area contributed by atoms with Crippen molar-refractivity contribution >= 4 is 38.5 Å². The van der Waals surface area contributed by atoms with Gasteiger partial charge in [-0.2, -0.15) is 5.10 Å². The highest BCUT2D eigenvalue weighted by Gasteiger charge is 2.12. The van der Waals surface area contributed by atoms with Crippen LogP contribution in [0.25, 0.3) is 0 Å². The molecule has 4 heteroatoms. The zero-order valence-corrected chi connectivity index (χ0v) is 14.3. The first-order valence-corrected chi connectivity index (χ1v) is 8.01. The first-order valence-electron chi connectivity index (χ1n) is 6.14. The summed E-state index contributed by atoms with van der Waals surface area (Å²) < 4.78 is 4.59. The first kappa shape index (κ1) is 14.1. The molecule has 1 aromatic carbocycles. The maximum atomic E-state index is 4.71. The minimum Gasteiger partial charge on any atom is -0.264 e. The molecule has 0 spiro atoms. The average molecular weight is 419 g/mol. The van der Waals surface area contributed by atoms with Crippen molar-refractivity contribution < 1.29 is 0 Å². The van der Waals surface area contributed by atoms with E-state index in [1.54, 1.807) is 0 Å². The number of halogens is 2. The van der Waals surface area contributed by atoms with Crippen LogP contribution >= 0.6 is 38.5 Å². The molecule has 0 saturated heterocycles. The lowest BCUT2D eigenvalue weighted by Gasteiger charge is -2.06. The Morgan fingerprint density at radius 1 is 1.17 bits per heavy atom. The maximum Gasteiger partial charge on any atom is 0.0758 e. The van der Waals surface area contributed by atoms with Gasteiger partial charge < -0.3 is 0 Å². The molecule has 0 N–H and O–H groups in total. The van der Waals surface area contributed by atoms with Crippen LogP contribution in [0.4, 0.5) is 0 Å². The van der Waals surface area contributed by atoms with Crippen molar-refractivity contribution in [1.29, 1.82) is 0 Å². The third-order valence-electron chi connectivity index (χ3n) is 2.98. The van der Waals surface area contributed by atoms with Gasteiger partial charge in [-0.05, 0) is 53.1 Å². The molecule has 2 nitrogen and oxygen atoms in total. The molecule has 96 valence electrons. The number of hydrogen-bond donors (Lipinski definition) is 0. The predicted octanol–water partition coefficient (Wildman–Crippen LogP) is 4.42. The van der Waals surface area contributed by atoms with Gasteiger partial charge >= 0.3 is 0 Å². The Kier molecular flexibility index (Phi) is 4.84. The Labute approximate surface area is 130 Å². The Balaban J connectivity index is 2.31. The molecule has 0 atom stereocenters. The molecule has 2 rings (SSSR count). The van der Waals surface area contributed by atoms with Gasteiger partial charge in [0.05, 0.1) is 21.5 Å². The molecule has 0 radical (unpaired) electrons. The lowest BCUT2D eigenvalue weighted by atomic mass is 10.2. The minimum absolute atomic E-state index is 0.854. The van der Waals surface area contributed by atoms with Gasteiger partial charge in [0.15, 0.2) is 0 Å². The van der Waals surface area contributed by atoms with Crippen LogP contribution in [-0.2, 0) is 19.4 Å². The van der Waals surface area contributed by atoms with E-state index in [0.717, 1.165) is 23.9 Å². The second-order valence-corrected chi connectivity index (χ2v) is 6.19. The molecule has 0 amide bonds. The van der Waals surface area contributed by atoms with Crippen molar-refractivity contribution in [3.63, 3.8) is 0 Å². The van der Waals surface area contributed by atoms with Crippen LogP contribution in [0.5, 0.6) is 0 Å².